The van der Waals surface area contributed by atoms with E-state index in [-0.39, 0.29) is 12.2 Å². The Balaban J connectivity index is 1.72. The zero-order valence-electron chi connectivity index (χ0n) is 11.6. The van der Waals surface area contributed by atoms with Crippen LogP contribution < -0.4 is 0 Å². The second-order valence-corrected chi connectivity index (χ2v) is 4.74. The fourth-order valence-electron chi connectivity index (χ4n) is 2.15. The molecule has 0 saturated carbocycles. The van der Waals surface area contributed by atoms with Gasteiger partial charge in [-0.2, -0.15) is 5.10 Å². The Labute approximate surface area is 125 Å². The van der Waals surface area contributed by atoms with Gasteiger partial charge in [0.1, 0.15) is 6.33 Å². The normalized spacial score (nSPS) is 10.5. The highest BCUT2D eigenvalue weighted by Crippen LogP contribution is 2.13. The molecule has 0 radical (unpaired) electrons. The van der Waals surface area contributed by atoms with Gasteiger partial charge in [0.2, 0.25) is 5.78 Å². The van der Waals surface area contributed by atoms with E-state index in [9.17, 15) is 9.59 Å². The molecule has 0 saturated heterocycles. The summed E-state index contributed by atoms with van der Waals surface area (Å²) in [4.78, 5) is 34.9. The maximum absolute atomic E-state index is 12.0. The molecule has 110 valence electrons. The van der Waals surface area contributed by atoms with Crippen molar-refractivity contribution in [3.63, 3.8) is 0 Å². The van der Waals surface area contributed by atoms with Gasteiger partial charge >= 0.3 is 0 Å². The van der Waals surface area contributed by atoms with Gasteiger partial charge in [-0.3, -0.25) is 19.7 Å². The number of hydrogen-bond donors (Lipinski definition) is 2. The lowest BCUT2D eigenvalue weighted by Gasteiger charge is -2.03. The van der Waals surface area contributed by atoms with Crippen LogP contribution in [0.1, 0.15) is 27.6 Å². The molecule has 0 aliphatic heterocycles. The van der Waals surface area contributed by atoms with Crippen LogP contribution in [-0.4, -0.2) is 36.7 Å². The van der Waals surface area contributed by atoms with Gasteiger partial charge in [0.05, 0.1) is 6.42 Å². The van der Waals surface area contributed by atoms with Crippen molar-refractivity contribution in [2.75, 3.05) is 0 Å². The minimum absolute atomic E-state index is 0.00526. The molecule has 3 aromatic rings. The molecule has 0 aliphatic carbocycles. The van der Waals surface area contributed by atoms with Crippen molar-refractivity contribution in [2.45, 2.75) is 12.8 Å². The molecule has 3 heterocycles. The minimum Gasteiger partial charge on any atom is -0.364 e. The summed E-state index contributed by atoms with van der Waals surface area (Å²) in [5.74, 6) is -1.25. The molecule has 7 heteroatoms. The number of Topliss-reactive ketones (excluding diaryl/α,β-unsaturated/α-hetero) is 2. The summed E-state index contributed by atoms with van der Waals surface area (Å²) >= 11 is 0. The smallest absolute Gasteiger partial charge is 0.265 e. The molecule has 0 bridgehead atoms. The third-order valence-electron chi connectivity index (χ3n) is 3.25. The van der Waals surface area contributed by atoms with Crippen LogP contribution in [0.25, 0.3) is 0 Å². The first kappa shape index (κ1) is 13.9. The number of carbonyl (C=O) groups excluding carboxylic acids is 2. The van der Waals surface area contributed by atoms with E-state index < -0.39 is 11.6 Å². The molecule has 0 unspecified atom stereocenters. The number of carbonyl (C=O) groups is 2. The molecule has 22 heavy (non-hydrogen) atoms. The fourth-order valence-corrected chi connectivity index (χ4v) is 2.15. The molecule has 0 amide bonds. The average Bonchev–Trinajstić information content (AvgIpc) is 3.20. The van der Waals surface area contributed by atoms with Crippen LogP contribution in [0.3, 0.4) is 0 Å². The van der Waals surface area contributed by atoms with E-state index in [2.05, 4.69) is 25.1 Å². The zero-order valence-corrected chi connectivity index (χ0v) is 11.6. The van der Waals surface area contributed by atoms with Crippen LogP contribution in [0, 0.1) is 0 Å². The maximum Gasteiger partial charge on any atom is 0.265 e. The predicted octanol–water partition coefficient (Wildman–Crippen LogP) is 1.11. The van der Waals surface area contributed by atoms with Gasteiger partial charge in [0.15, 0.2) is 5.82 Å². The van der Waals surface area contributed by atoms with Crippen LogP contribution in [-0.2, 0) is 17.6 Å². The molecule has 7 nitrogen and oxygen atoms in total. The second kappa shape index (κ2) is 6.13. The quantitative estimate of drug-likeness (QED) is 0.523. The third-order valence-corrected chi connectivity index (χ3v) is 3.25. The number of nitrogens with one attached hydrogen (secondary N) is 2. The molecule has 0 atom stereocenters. The van der Waals surface area contributed by atoms with Crippen LogP contribution in [0.2, 0.25) is 0 Å². The van der Waals surface area contributed by atoms with Crippen LogP contribution >= 0.6 is 0 Å². The molecule has 0 fully saturated rings. The summed E-state index contributed by atoms with van der Waals surface area (Å²) in [6.07, 6.45) is 5.26. The highest BCUT2D eigenvalue weighted by atomic mass is 16.2. The Hall–Kier alpha value is -3.09. The van der Waals surface area contributed by atoms with E-state index in [0.29, 0.717) is 12.1 Å². The molecule has 3 rings (SSSR count). The standard InChI is InChI=1S/C15H13N5O2/c21-13(14(22)15-18-9-19-20-15)8-12-10(4-6-17-12)7-11-3-1-2-5-16-11/h1-6,9,17H,7-8H2,(H,18,19,20). The molecular formula is C15H13N5O2. The lowest BCUT2D eigenvalue weighted by molar-refractivity contribution is -0.114. The first-order valence-corrected chi connectivity index (χ1v) is 6.72. The molecule has 3 aromatic heterocycles. The monoisotopic (exact) mass is 295 g/mol. The number of aromatic nitrogens is 5. The van der Waals surface area contributed by atoms with Gasteiger partial charge in [-0.15, -0.1) is 0 Å². The number of rotatable bonds is 6. The van der Waals surface area contributed by atoms with Gasteiger partial charge < -0.3 is 4.98 Å². The van der Waals surface area contributed by atoms with Crippen molar-refractivity contribution in [3.8, 4) is 0 Å². The van der Waals surface area contributed by atoms with E-state index in [4.69, 9.17) is 0 Å². The van der Waals surface area contributed by atoms with E-state index in [0.717, 1.165) is 11.3 Å². The lowest BCUT2D eigenvalue weighted by atomic mass is 10.0. The van der Waals surface area contributed by atoms with E-state index in [1.54, 1.807) is 12.4 Å². The highest BCUT2D eigenvalue weighted by molar-refractivity contribution is 6.43. The largest absolute Gasteiger partial charge is 0.364 e. The molecule has 0 aromatic carbocycles. The van der Waals surface area contributed by atoms with Gasteiger partial charge in [-0.1, -0.05) is 6.07 Å². The number of hydrogen-bond acceptors (Lipinski definition) is 5. The van der Waals surface area contributed by atoms with E-state index >= 15 is 0 Å². The zero-order chi connectivity index (χ0) is 15.4. The molecule has 0 spiro atoms. The first-order valence-electron chi connectivity index (χ1n) is 6.72. The van der Waals surface area contributed by atoms with E-state index in [1.807, 2.05) is 24.3 Å². The Morgan fingerprint density at radius 1 is 1.14 bits per heavy atom. The molecule has 0 aliphatic rings. The van der Waals surface area contributed by atoms with Gasteiger partial charge in [0.25, 0.3) is 5.78 Å². The summed E-state index contributed by atoms with van der Waals surface area (Å²) in [7, 11) is 0. The first-order chi connectivity index (χ1) is 10.7. The SMILES string of the molecule is O=C(Cc1[nH]ccc1Cc1ccccn1)C(=O)c1ncn[nH]1. The summed E-state index contributed by atoms with van der Waals surface area (Å²) in [5, 5.41) is 5.97. The van der Waals surface area contributed by atoms with Gasteiger partial charge in [0, 0.05) is 30.2 Å². The third kappa shape index (κ3) is 2.98. The van der Waals surface area contributed by atoms with Crippen molar-refractivity contribution in [2.24, 2.45) is 0 Å². The number of ketones is 2. The van der Waals surface area contributed by atoms with Crippen LogP contribution in [0.15, 0.2) is 43.0 Å². The Kier molecular flexibility index (Phi) is 3.86. The minimum atomic E-state index is -0.670. The topological polar surface area (TPSA) is 104 Å². The summed E-state index contributed by atoms with van der Waals surface area (Å²) in [5.41, 5.74) is 2.55. The number of nitrogens with zero attached hydrogens (tertiary/aromatic N) is 3. The van der Waals surface area contributed by atoms with Crippen molar-refractivity contribution in [3.05, 3.63) is 65.8 Å². The number of pyridine rings is 1. The Morgan fingerprint density at radius 2 is 2.05 bits per heavy atom. The highest BCUT2D eigenvalue weighted by Gasteiger charge is 2.21. The predicted molar refractivity (Wildman–Crippen MR) is 77.3 cm³/mol. The molecular weight excluding hydrogens is 282 g/mol. The van der Waals surface area contributed by atoms with Crippen molar-refractivity contribution in [1.29, 1.82) is 0 Å². The maximum atomic E-state index is 12.0. The fraction of sp³-hybridized carbons (Fsp3) is 0.133. The summed E-state index contributed by atoms with van der Waals surface area (Å²) in [6.45, 7) is 0. The average molecular weight is 295 g/mol. The summed E-state index contributed by atoms with van der Waals surface area (Å²) in [6, 6.07) is 7.56. The number of H-pyrrole nitrogens is 2. The van der Waals surface area contributed by atoms with Crippen molar-refractivity contribution in [1.82, 2.24) is 25.1 Å². The number of aromatic amines is 2. The van der Waals surface area contributed by atoms with E-state index in [1.165, 1.54) is 6.33 Å². The van der Waals surface area contributed by atoms with Crippen LogP contribution in [0.5, 0.6) is 0 Å². The van der Waals surface area contributed by atoms with Gasteiger partial charge in [-0.25, -0.2) is 4.98 Å². The van der Waals surface area contributed by atoms with Crippen molar-refractivity contribution >= 4 is 11.6 Å². The Bertz CT molecular complexity index is 777. The van der Waals surface area contributed by atoms with Crippen molar-refractivity contribution < 1.29 is 9.59 Å². The lowest BCUT2D eigenvalue weighted by Crippen LogP contribution is -2.19. The second-order valence-electron chi connectivity index (χ2n) is 4.74. The molecule has 2 N–H and O–H groups in total. The van der Waals surface area contributed by atoms with Crippen LogP contribution in [0.4, 0.5) is 0 Å². The van der Waals surface area contributed by atoms with Gasteiger partial charge in [-0.05, 0) is 23.8 Å². The Morgan fingerprint density at radius 3 is 2.77 bits per heavy atom. The summed E-state index contributed by atoms with van der Waals surface area (Å²) < 4.78 is 0.